The first-order valence-electron chi connectivity index (χ1n) is 6.23. The molecule has 1 amide bonds. The Labute approximate surface area is 96.2 Å². The Hall–Kier alpha value is -0.900. The molecule has 2 atom stereocenters. The number of primary amides is 1. The highest BCUT2D eigenvalue weighted by Gasteiger charge is 2.37. The van der Waals surface area contributed by atoms with E-state index in [0.717, 1.165) is 45.2 Å². The second-order valence-electron chi connectivity index (χ2n) is 4.93. The van der Waals surface area contributed by atoms with Gasteiger partial charge >= 0.3 is 0 Å². The van der Waals surface area contributed by atoms with E-state index in [0.29, 0.717) is 18.2 Å². The highest BCUT2D eigenvalue weighted by molar-refractivity contribution is 5.83. The molecule has 90 valence electrons. The van der Waals surface area contributed by atoms with Crippen molar-refractivity contribution >= 4 is 11.7 Å². The highest BCUT2D eigenvalue weighted by atomic mass is 16.1. The number of likely N-dealkylation sites (tertiary alicyclic amines) is 1. The first kappa shape index (κ1) is 11.6. The average molecular weight is 224 g/mol. The zero-order chi connectivity index (χ0) is 11.5. The van der Waals surface area contributed by atoms with E-state index in [4.69, 9.17) is 5.73 Å². The molecule has 2 rings (SSSR count). The minimum Gasteiger partial charge on any atom is -0.370 e. The summed E-state index contributed by atoms with van der Waals surface area (Å²) in [6.07, 6.45) is 5.50. The summed E-state index contributed by atoms with van der Waals surface area (Å²) in [5, 5.41) is 0. The summed E-state index contributed by atoms with van der Waals surface area (Å²) in [5.74, 6) is 0.412. The minimum absolute atomic E-state index is 0.232. The fourth-order valence-corrected chi connectivity index (χ4v) is 3.09. The average Bonchev–Trinajstić information content (AvgIpc) is 2.82. The molecule has 0 bridgehead atoms. The number of ketones is 1. The summed E-state index contributed by atoms with van der Waals surface area (Å²) >= 11 is 0. The molecule has 2 fully saturated rings. The molecule has 1 aliphatic heterocycles. The number of carbonyl (C=O) groups excluding carboxylic acids is 2. The predicted molar refractivity (Wildman–Crippen MR) is 60.8 cm³/mol. The third kappa shape index (κ3) is 2.43. The van der Waals surface area contributed by atoms with Crippen LogP contribution in [-0.4, -0.2) is 35.7 Å². The van der Waals surface area contributed by atoms with Crippen LogP contribution >= 0.6 is 0 Å². The van der Waals surface area contributed by atoms with E-state index in [2.05, 4.69) is 4.90 Å². The normalized spacial score (nSPS) is 31.1. The lowest BCUT2D eigenvalue weighted by Crippen LogP contribution is -2.39. The first-order valence-corrected chi connectivity index (χ1v) is 6.23. The fraction of sp³-hybridized carbons (Fsp3) is 0.833. The molecule has 1 saturated carbocycles. The number of hydrogen-bond acceptors (Lipinski definition) is 3. The Morgan fingerprint density at radius 2 is 2.19 bits per heavy atom. The van der Waals surface area contributed by atoms with Crippen LogP contribution in [0.15, 0.2) is 0 Å². The Bertz CT molecular complexity index is 291. The topological polar surface area (TPSA) is 63.4 Å². The van der Waals surface area contributed by atoms with Crippen LogP contribution in [0.4, 0.5) is 0 Å². The Morgan fingerprint density at radius 1 is 1.38 bits per heavy atom. The molecule has 2 N–H and O–H groups in total. The van der Waals surface area contributed by atoms with Crippen LogP contribution in [0.1, 0.15) is 38.5 Å². The Kier molecular flexibility index (Phi) is 3.59. The lowest BCUT2D eigenvalue weighted by atomic mass is 9.95. The predicted octanol–water partition coefficient (Wildman–Crippen LogP) is 0.695. The minimum atomic E-state index is -0.247. The summed E-state index contributed by atoms with van der Waals surface area (Å²) in [6.45, 7) is 1.74. The highest BCUT2D eigenvalue weighted by Crippen LogP contribution is 2.33. The number of carbonyl (C=O) groups is 2. The van der Waals surface area contributed by atoms with Gasteiger partial charge in [-0.15, -0.1) is 0 Å². The van der Waals surface area contributed by atoms with Gasteiger partial charge in [0.25, 0.3) is 0 Å². The van der Waals surface area contributed by atoms with Gasteiger partial charge in [0.2, 0.25) is 5.91 Å². The number of hydrogen-bond donors (Lipinski definition) is 1. The molecule has 0 aromatic heterocycles. The molecule has 1 heterocycles. The van der Waals surface area contributed by atoms with Crippen LogP contribution in [0.25, 0.3) is 0 Å². The molecule has 4 nitrogen and oxygen atoms in total. The van der Waals surface area contributed by atoms with Crippen molar-refractivity contribution < 1.29 is 9.59 Å². The van der Waals surface area contributed by atoms with Gasteiger partial charge in [-0.3, -0.25) is 14.5 Å². The smallest absolute Gasteiger partial charge is 0.218 e. The molecule has 0 radical (unpaired) electrons. The van der Waals surface area contributed by atoms with Crippen LogP contribution in [0.2, 0.25) is 0 Å². The number of nitrogens with zero attached hydrogens (tertiary/aromatic N) is 1. The fourth-order valence-electron chi connectivity index (χ4n) is 3.09. The van der Waals surface area contributed by atoms with Crippen molar-refractivity contribution in [3.05, 3.63) is 0 Å². The summed E-state index contributed by atoms with van der Waals surface area (Å²) in [6, 6.07) is 0.384. The molecular formula is C12H20N2O2. The van der Waals surface area contributed by atoms with E-state index in [-0.39, 0.29) is 11.8 Å². The standard InChI is InChI=1S/C12H20N2O2/c13-12(16)6-8-14-7-2-4-10(14)9-3-1-5-11(9)15/h9-10H,1-8H2,(H2,13,16). The van der Waals surface area contributed by atoms with Crippen molar-refractivity contribution in [2.24, 2.45) is 11.7 Å². The van der Waals surface area contributed by atoms with Gasteiger partial charge in [-0.25, -0.2) is 0 Å². The van der Waals surface area contributed by atoms with Crippen molar-refractivity contribution in [2.75, 3.05) is 13.1 Å². The SMILES string of the molecule is NC(=O)CCN1CCCC1C1CCCC1=O. The molecule has 1 aliphatic carbocycles. The second-order valence-corrected chi connectivity index (χ2v) is 4.93. The van der Waals surface area contributed by atoms with Crippen LogP contribution in [0, 0.1) is 5.92 Å². The van der Waals surface area contributed by atoms with E-state index in [1.165, 1.54) is 0 Å². The Morgan fingerprint density at radius 3 is 2.81 bits per heavy atom. The summed E-state index contributed by atoms with van der Waals surface area (Å²) < 4.78 is 0. The maximum Gasteiger partial charge on any atom is 0.218 e. The summed E-state index contributed by atoms with van der Waals surface area (Å²) in [5.41, 5.74) is 5.16. The molecule has 4 heteroatoms. The number of Topliss-reactive ketones (excluding diaryl/α,β-unsaturated/α-hetero) is 1. The van der Waals surface area contributed by atoms with E-state index in [9.17, 15) is 9.59 Å². The van der Waals surface area contributed by atoms with Gasteiger partial charge in [-0.05, 0) is 32.2 Å². The summed E-state index contributed by atoms with van der Waals surface area (Å²) in [7, 11) is 0. The van der Waals surface area contributed by atoms with Gasteiger partial charge < -0.3 is 5.73 Å². The van der Waals surface area contributed by atoms with E-state index < -0.39 is 0 Å². The second kappa shape index (κ2) is 4.95. The number of rotatable bonds is 4. The van der Waals surface area contributed by atoms with Crippen molar-refractivity contribution in [2.45, 2.75) is 44.6 Å². The van der Waals surface area contributed by atoms with Crippen LogP contribution in [0.5, 0.6) is 0 Å². The zero-order valence-electron chi connectivity index (χ0n) is 9.65. The van der Waals surface area contributed by atoms with Crippen molar-refractivity contribution in [1.82, 2.24) is 4.90 Å². The van der Waals surface area contributed by atoms with Gasteiger partial charge in [-0.2, -0.15) is 0 Å². The molecule has 16 heavy (non-hydrogen) atoms. The zero-order valence-corrected chi connectivity index (χ0v) is 9.65. The molecular weight excluding hydrogens is 204 g/mol. The monoisotopic (exact) mass is 224 g/mol. The molecule has 0 aromatic carbocycles. The van der Waals surface area contributed by atoms with Crippen molar-refractivity contribution in [3.8, 4) is 0 Å². The van der Waals surface area contributed by atoms with Crippen LogP contribution < -0.4 is 5.73 Å². The number of nitrogens with two attached hydrogens (primary N) is 1. The molecule has 2 aliphatic rings. The van der Waals surface area contributed by atoms with Gasteiger partial charge in [0.05, 0.1) is 0 Å². The lowest BCUT2D eigenvalue weighted by Gasteiger charge is -2.28. The molecule has 0 spiro atoms. The third-order valence-corrected chi connectivity index (χ3v) is 3.88. The molecule has 0 aromatic rings. The van der Waals surface area contributed by atoms with Crippen molar-refractivity contribution in [3.63, 3.8) is 0 Å². The molecule has 1 saturated heterocycles. The largest absolute Gasteiger partial charge is 0.370 e. The lowest BCUT2D eigenvalue weighted by molar-refractivity contribution is -0.122. The number of amides is 1. The Balaban J connectivity index is 1.92. The van der Waals surface area contributed by atoms with Crippen molar-refractivity contribution in [1.29, 1.82) is 0 Å². The van der Waals surface area contributed by atoms with Crippen LogP contribution in [-0.2, 0) is 9.59 Å². The third-order valence-electron chi connectivity index (χ3n) is 3.88. The van der Waals surface area contributed by atoms with E-state index in [1.807, 2.05) is 0 Å². The van der Waals surface area contributed by atoms with Gasteiger partial charge in [0.1, 0.15) is 5.78 Å². The van der Waals surface area contributed by atoms with E-state index >= 15 is 0 Å². The first-order chi connectivity index (χ1) is 7.68. The summed E-state index contributed by atoms with van der Waals surface area (Å²) in [4.78, 5) is 24.8. The van der Waals surface area contributed by atoms with Gasteiger partial charge in [0, 0.05) is 31.3 Å². The van der Waals surface area contributed by atoms with Gasteiger partial charge in [0.15, 0.2) is 0 Å². The van der Waals surface area contributed by atoms with Crippen LogP contribution in [0.3, 0.4) is 0 Å². The van der Waals surface area contributed by atoms with Gasteiger partial charge in [-0.1, -0.05) is 0 Å². The van der Waals surface area contributed by atoms with E-state index in [1.54, 1.807) is 0 Å². The maximum atomic E-state index is 11.7. The quantitative estimate of drug-likeness (QED) is 0.764. The maximum absolute atomic E-state index is 11.7. The molecule has 2 unspecified atom stereocenters.